The molecule has 0 saturated carbocycles. The topological polar surface area (TPSA) is 94.3 Å². The van der Waals surface area contributed by atoms with E-state index in [1.807, 2.05) is 0 Å². The number of amides is 1. The quantitative estimate of drug-likeness (QED) is 0.580. The van der Waals surface area contributed by atoms with E-state index in [9.17, 15) is 9.59 Å². The first-order valence-corrected chi connectivity index (χ1v) is 7.52. The van der Waals surface area contributed by atoms with Gasteiger partial charge in [-0.15, -0.1) is 0 Å². The van der Waals surface area contributed by atoms with Crippen molar-refractivity contribution in [3.63, 3.8) is 0 Å². The maximum absolute atomic E-state index is 12.2. The van der Waals surface area contributed by atoms with Gasteiger partial charge in [0.25, 0.3) is 0 Å². The van der Waals surface area contributed by atoms with Gasteiger partial charge in [-0.3, -0.25) is 4.79 Å². The molecule has 0 aliphatic rings. The van der Waals surface area contributed by atoms with E-state index in [-0.39, 0.29) is 5.91 Å². The summed E-state index contributed by atoms with van der Waals surface area (Å²) < 4.78 is 10.3. The minimum atomic E-state index is -0.518. The molecule has 7 nitrogen and oxygen atoms in total. The van der Waals surface area contributed by atoms with Gasteiger partial charge in [-0.1, -0.05) is 11.2 Å². The lowest BCUT2D eigenvalue weighted by Crippen LogP contribution is -2.10. The van der Waals surface area contributed by atoms with Crippen molar-refractivity contribution in [2.45, 2.75) is 13.8 Å². The third kappa shape index (κ3) is 4.08. The van der Waals surface area contributed by atoms with Crippen LogP contribution in [0.3, 0.4) is 0 Å². The fourth-order valence-electron chi connectivity index (χ4n) is 2.18. The van der Waals surface area contributed by atoms with Crippen molar-refractivity contribution in [1.29, 1.82) is 0 Å². The lowest BCUT2D eigenvalue weighted by atomic mass is 10.2. The Bertz CT molecular complexity index is 916. The van der Waals surface area contributed by atoms with Gasteiger partial charge in [-0.25, -0.2) is 4.79 Å². The summed E-state index contributed by atoms with van der Waals surface area (Å²) in [5.41, 5.74) is 1.62. The van der Waals surface area contributed by atoms with Gasteiger partial charge in [-0.2, -0.15) is 4.98 Å². The fraction of sp³-hybridized carbons (Fsp3) is 0.111. The average Bonchev–Trinajstić information content (AvgIpc) is 3.01. The van der Waals surface area contributed by atoms with Crippen LogP contribution in [-0.2, 0) is 4.79 Å². The number of carbonyl (C=O) groups excluding carboxylic acids is 2. The Hall–Kier alpha value is -3.48. The zero-order valence-electron chi connectivity index (χ0n) is 13.6. The minimum Gasteiger partial charge on any atom is -0.423 e. The van der Waals surface area contributed by atoms with E-state index >= 15 is 0 Å². The van der Waals surface area contributed by atoms with Gasteiger partial charge in [0.1, 0.15) is 5.75 Å². The lowest BCUT2D eigenvalue weighted by Gasteiger charge is -2.07. The first-order valence-electron chi connectivity index (χ1n) is 7.52. The van der Waals surface area contributed by atoms with E-state index in [1.165, 1.54) is 6.92 Å². The van der Waals surface area contributed by atoms with Crippen molar-refractivity contribution in [1.82, 2.24) is 10.1 Å². The van der Waals surface area contributed by atoms with Crippen LogP contribution in [0.5, 0.6) is 5.75 Å². The molecule has 3 rings (SSSR count). The predicted molar refractivity (Wildman–Crippen MR) is 90.2 cm³/mol. The van der Waals surface area contributed by atoms with E-state index < -0.39 is 5.97 Å². The van der Waals surface area contributed by atoms with Crippen molar-refractivity contribution in [3.05, 3.63) is 60.0 Å². The van der Waals surface area contributed by atoms with Crippen molar-refractivity contribution in [2.75, 3.05) is 5.32 Å². The zero-order chi connectivity index (χ0) is 17.8. The SMILES string of the molecule is CC(=O)Nc1cccc(C(=O)Oc2ccc(-c3noc(C)n3)cc2)c1. The van der Waals surface area contributed by atoms with Crippen LogP contribution in [0.2, 0.25) is 0 Å². The van der Waals surface area contributed by atoms with Crippen LogP contribution >= 0.6 is 0 Å². The third-order valence-corrected chi connectivity index (χ3v) is 3.27. The summed E-state index contributed by atoms with van der Waals surface area (Å²) >= 11 is 0. The summed E-state index contributed by atoms with van der Waals surface area (Å²) in [4.78, 5) is 27.5. The number of benzene rings is 2. The molecule has 1 heterocycles. The molecular formula is C18H15N3O4. The molecule has 0 unspecified atom stereocenters. The molecule has 1 amide bonds. The smallest absolute Gasteiger partial charge is 0.343 e. The maximum atomic E-state index is 12.2. The first-order chi connectivity index (χ1) is 12.0. The molecule has 0 bridgehead atoms. The molecule has 0 aliphatic carbocycles. The van der Waals surface area contributed by atoms with Crippen LogP contribution in [0.1, 0.15) is 23.2 Å². The molecule has 126 valence electrons. The predicted octanol–water partition coefficient (Wildman–Crippen LogP) is 3.22. The van der Waals surface area contributed by atoms with E-state index in [4.69, 9.17) is 9.26 Å². The monoisotopic (exact) mass is 337 g/mol. The molecule has 1 aromatic heterocycles. The van der Waals surface area contributed by atoms with Crippen LogP contribution in [0.15, 0.2) is 53.1 Å². The number of ether oxygens (including phenoxy) is 1. The molecule has 2 aromatic carbocycles. The Kier molecular flexibility index (Phi) is 4.56. The van der Waals surface area contributed by atoms with Gasteiger partial charge < -0.3 is 14.6 Å². The van der Waals surface area contributed by atoms with Crippen LogP contribution in [-0.4, -0.2) is 22.0 Å². The fourth-order valence-corrected chi connectivity index (χ4v) is 2.18. The van der Waals surface area contributed by atoms with Crippen molar-refractivity contribution in [3.8, 4) is 17.1 Å². The highest BCUT2D eigenvalue weighted by Gasteiger charge is 2.11. The first kappa shape index (κ1) is 16.4. The van der Waals surface area contributed by atoms with Crippen molar-refractivity contribution < 1.29 is 18.8 Å². The molecule has 0 atom stereocenters. The summed E-state index contributed by atoms with van der Waals surface area (Å²) in [5.74, 6) is 0.606. The minimum absolute atomic E-state index is 0.210. The highest BCUT2D eigenvalue weighted by molar-refractivity contribution is 5.94. The second-order valence-electron chi connectivity index (χ2n) is 5.31. The number of rotatable bonds is 4. The van der Waals surface area contributed by atoms with Crippen molar-refractivity contribution in [2.24, 2.45) is 0 Å². The molecule has 0 fully saturated rings. The standard InChI is InChI=1S/C18H15N3O4/c1-11(22)19-15-5-3-4-14(10-15)18(23)24-16-8-6-13(7-9-16)17-20-12(2)25-21-17/h3-10H,1-2H3,(H,19,22). The number of aromatic nitrogens is 2. The highest BCUT2D eigenvalue weighted by atomic mass is 16.5. The Morgan fingerprint density at radius 3 is 2.52 bits per heavy atom. The Morgan fingerprint density at radius 2 is 1.88 bits per heavy atom. The Balaban J connectivity index is 1.71. The van der Waals surface area contributed by atoms with Crippen LogP contribution in [0, 0.1) is 6.92 Å². The summed E-state index contributed by atoms with van der Waals surface area (Å²) in [6, 6.07) is 13.3. The Morgan fingerprint density at radius 1 is 1.12 bits per heavy atom. The zero-order valence-corrected chi connectivity index (χ0v) is 13.6. The van der Waals surface area contributed by atoms with Gasteiger partial charge in [0.05, 0.1) is 5.56 Å². The number of aryl methyl sites for hydroxylation is 1. The summed E-state index contributed by atoms with van der Waals surface area (Å²) in [6.45, 7) is 3.11. The second-order valence-corrected chi connectivity index (χ2v) is 5.31. The van der Waals surface area contributed by atoms with Crippen LogP contribution in [0.4, 0.5) is 5.69 Å². The van der Waals surface area contributed by atoms with Crippen molar-refractivity contribution >= 4 is 17.6 Å². The maximum Gasteiger partial charge on any atom is 0.343 e. The van der Waals surface area contributed by atoms with E-state index in [1.54, 1.807) is 55.5 Å². The highest BCUT2D eigenvalue weighted by Crippen LogP contribution is 2.21. The molecule has 0 spiro atoms. The summed E-state index contributed by atoms with van der Waals surface area (Å²) in [5, 5.41) is 6.45. The molecule has 0 aliphatic heterocycles. The second kappa shape index (κ2) is 6.96. The molecule has 3 aromatic rings. The number of anilines is 1. The van der Waals surface area contributed by atoms with Crippen LogP contribution < -0.4 is 10.1 Å². The van der Waals surface area contributed by atoms with Crippen LogP contribution in [0.25, 0.3) is 11.4 Å². The molecular weight excluding hydrogens is 322 g/mol. The number of hydrogen-bond donors (Lipinski definition) is 1. The number of nitrogens with one attached hydrogen (secondary N) is 1. The number of hydrogen-bond acceptors (Lipinski definition) is 6. The van der Waals surface area contributed by atoms with Gasteiger partial charge >= 0.3 is 5.97 Å². The normalized spacial score (nSPS) is 10.3. The summed E-state index contributed by atoms with van der Waals surface area (Å²) in [7, 11) is 0. The Labute approximate surface area is 143 Å². The number of esters is 1. The molecule has 0 saturated heterocycles. The van der Waals surface area contributed by atoms with Gasteiger partial charge in [0, 0.05) is 25.1 Å². The molecule has 7 heteroatoms. The van der Waals surface area contributed by atoms with E-state index in [0.29, 0.717) is 28.7 Å². The third-order valence-electron chi connectivity index (χ3n) is 3.27. The molecule has 25 heavy (non-hydrogen) atoms. The average molecular weight is 337 g/mol. The number of carbonyl (C=O) groups is 2. The van der Waals surface area contributed by atoms with Gasteiger partial charge in [0.15, 0.2) is 0 Å². The molecule has 0 radical (unpaired) electrons. The largest absolute Gasteiger partial charge is 0.423 e. The summed E-state index contributed by atoms with van der Waals surface area (Å²) in [6.07, 6.45) is 0. The number of nitrogens with zero attached hydrogens (tertiary/aromatic N) is 2. The van der Waals surface area contributed by atoms with Gasteiger partial charge in [-0.05, 0) is 42.5 Å². The van der Waals surface area contributed by atoms with Gasteiger partial charge in [0.2, 0.25) is 17.6 Å². The molecule has 1 N–H and O–H groups in total. The lowest BCUT2D eigenvalue weighted by molar-refractivity contribution is -0.114. The van der Waals surface area contributed by atoms with E-state index in [0.717, 1.165) is 5.56 Å². The van der Waals surface area contributed by atoms with E-state index in [2.05, 4.69) is 15.5 Å².